The third-order valence-electron chi connectivity index (χ3n) is 3.00. The lowest BCUT2D eigenvalue weighted by molar-refractivity contribution is -0.117. The molecule has 2 rings (SSSR count). The number of amides is 1. The number of aryl methyl sites for hydroxylation is 1. The molecule has 80 valence electrons. The first-order valence-electron chi connectivity index (χ1n) is 5.32. The molecule has 0 radical (unpaired) electrons. The van der Waals surface area contributed by atoms with E-state index >= 15 is 0 Å². The van der Waals surface area contributed by atoms with Gasteiger partial charge < -0.3 is 10.2 Å². The number of nitrogens with one attached hydrogen (secondary N) is 1. The van der Waals surface area contributed by atoms with Gasteiger partial charge in [-0.15, -0.1) is 0 Å². The van der Waals surface area contributed by atoms with E-state index in [1.165, 1.54) is 0 Å². The molecule has 0 bridgehead atoms. The number of likely N-dealkylation sites (N-methyl/N-ethyl adjacent to an activating group) is 1. The molecule has 1 N–H and O–H groups in total. The molecule has 1 aliphatic rings. The van der Waals surface area contributed by atoms with Crippen LogP contribution in [0.2, 0.25) is 0 Å². The van der Waals surface area contributed by atoms with Crippen molar-refractivity contribution in [1.82, 2.24) is 0 Å². The van der Waals surface area contributed by atoms with E-state index in [1.54, 1.807) is 0 Å². The van der Waals surface area contributed by atoms with Crippen molar-refractivity contribution in [3.8, 4) is 0 Å². The molecule has 0 saturated carbocycles. The summed E-state index contributed by atoms with van der Waals surface area (Å²) in [5.74, 6) is 0.0821. The molecule has 3 nitrogen and oxygen atoms in total. The fourth-order valence-corrected chi connectivity index (χ4v) is 2.08. The summed E-state index contributed by atoms with van der Waals surface area (Å²) in [7, 11) is 0. The zero-order valence-electron chi connectivity index (χ0n) is 9.37. The van der Waals surface area contributed by atoms with E-state index < -0.39 is 0 Å². The van der Waals surface area contributed by atoms with E-state index in [0.29, 0.717) is 0 Å². The van der Waals surface area contributed by atoms with Crippen LogP contribution in [-0.2, 0) is 4.79 Å². The number of carbonyl (C=O) groups is 1. The van der Waals surface area contributed by atoms with Gasteiger partial charge in [0.15, 0.2) is 0 Å². The van der Waals surface area contributed by atoms with E-state index in [4.69, 9.17) is 0 Å². The molecule has 1 heterocycles. The van der Waals surface area contributed by atoms with Crippen molar-refractivity contribution in [1.29, 1.82) is 0 Å². The standard InChI is InChI=1S/C12H16N2O/c1-4-14-9(3)12(15)13-11-8(2)6-5-7-10(11)14/h5-7,9H,4H2,1-3H3,(H,13,15). The van der Waals surface area contributed by atoms with Crippen LogP contribution in [0.4, 0.5) is 11.4 Å². The molecule has 0 spiro atoms. The number of hydrogen-bond donors (Lipinski definition) is 1. The lowest BCUT2D eigenvalue weighted by Gasteiger charge is -2.36. The Hall–Kier alpha value is -1.51. The normalized spacial score (nSPS) is 19.8. The molecular weight excluding hydrogens is 188 g/mol. The second kappa shape index (κ2) is 3.57. The minimum Gasteiger partial charge on any atom is -0.358 e. The molecular formula is C12H16N2O. The number of carbonyl (C=O) groups excluding carboxylic acids is 1. The average Bonchev–Trinajstić information content (AvgIpc) is 2.22. The third-order valence-corrected chi connectivity index (χ3v) is 3.00. The summed E-state index contributed by atoms with van der Waals surface area (Å²) in [6, 6.07) is 6.02. The van der Waals surface area contributed by atoms with Gasteiger partial charge in [0, 0.05) is 6.54 Å². The fraction of sp³-hybridized carbons (Fsp3) is 0.417. The molecule has 0 fully saturated rings. The first-order valence-corrected chi connectivity index (χ1v) is 5.32. The number of benzene rings is 1. The Labute approximate surface area is 90.1 Å². The Morgan fingerprint density at radius 3 is 2.87 bits per heavy atom. The molecule has 0 saturated heterocycles. The van der Waals surface area contributed by atoms with Gasteiger partial charge in [-0.1, -0.05) is 12.1 Å². The summed E-state index contributed by atoms with van der Waals surface area (Å²) in [4.78, 5) is 13.9. The van der Waals surface area contributed by atoms with E-state index in [0.717, 1.165) is 23.5 Å². The number of hydrogen-bond acceptors (Lipinski definition) is 2. The van der Waals surface area contributed by atoms with E-state index in [9.17, 15) is 4.79 Å². The van der Waals surface area contributed by atoms with Gasteiger partial charge in [0.25, 0.3) is 0 Å². The highest BCUT2D eigenvalue weighted by molar-refractivity contribution is 6.04. The Morgan fingerprint density at radius 2 is 2.20 bits per heavy atom. The molecule has 1 amide bonds. The zero-order chi connectivity index (χ0) is 11.0. The molecule has 1 aromatic carbocycles. The van der Waals surface area contributed by atoms with Gasteiger partial charge in [0.2, 0.25) is 5.91 Å². The Balaban J connectivity index is 2.54. The van der Waals surface area contributed by atoms with Crippen LogP contribution in [-0.4, -0.2) is 18.5 Å². The van der Waals surface area contributed by atoms with Crippen LogP contribution in [0.5, 0.6) is 0 Å². The summed E-state index contributed by atoms with van der Waals surface area (Å²) >= 11 is 0. The van der Waals surface area contributed by atoms with Gasteiger partial charge >= 0.3 is 0 Å². The predicted molar refractivity (Wildman–Crippen MR) is 62.3 cm³/mol. The summed E-state index contributed by atoms with van der Waals surface area (Å²) in [6.07, 6.45) is 0. The minimum atomic E-state index is -0.0794. The van der Waals surface area contributed by atoms with Gasteiger partial charge in [-0.3, -0.25) is 4.79 Å². The van der Waals surface area contributed by atoms with Gasteiger partial charge in [0.1, 0.15) is 6.04 Å². The maximum Gasteiger partial charge on any atom is 0.246 e. The number of fused-ring (bicyclic) bond motifs is 1. The first kappa shape index (κ1) is 10.0. The molecule has 0 aliphatic carbocycles. The summed E-state index contributed by atoms with van der Waals surface area (Å²) in [5.41, 5.74) is 3.21. The Morgan fingerprint density at radius 1 is 1.47 bits per heavy atom. The smallest absolute Gasteiger partial charge is 0.246 e. The van der Waals surface area contributed by atoms with Crippen molar-refractivity contribution >= 4 is 17.3 Å². The van der Waals surface area contributed by atoms with Crippen molar-refractivity contribution in [2.45, 2.75) is 26.8 Å². The molecule has 1 unspecified atom stereocenters. The van der Waals surface area contributed by atoms with E-state index in [-0.39, 0.29) is 11.9 Å². The lowest BCUT2D eigenvalue weighted by Crippen LogP contribution is -2.46. The first-order chi connectivity index (χ1) is 7.15. The lowest BCUT2D eigenvalue weighted by atomic mass is 10.1. The number of anilines is 2. The van der Waals surface area contributed by atoms with Crippen LogP contribution in [0.3, 0.4) is 0 Å². The van der Waals surface area contributed by atoms with Crippen LogP contribution in [0.25, 0.3) is 0 Å². The van der Waals surface area contributed by atoms with Gasteiger partial charge in [-0.05, 0) is 32.4 Å². The minimum absolute atomic E-state index is 0.0794. The van der Waals surface area contributed by atoms with Crippen LogP contribution in [0.1, 0.15) is 19.4 Å². The zero-order valence-corrected chi connectivity index (χ0v) is 9.37. The predicted octanol–water partition coefficient (Wildman–Crippen LogP) is 2.16. The van der Waals surface area contributed by atoms with Crippen molar-refractivity contribution < 1.29 is 4.79 Å². The summed E-state index contributed by atoms with van der Waals surface area (Å²) in [5, 5.41) is 2.96. The molecule has 0 aromatic heterocycles. The number of nitrogens with zero attached hydrogens (tertiary/aromatic N) is 1. The number of para-hydroxylation sites is 1. The Bertz CT molecular complexity index is 401. The molecule has 15 heavy (non-hydrogen) atoms. The maximum absolute atomic E-state index is 11.7. The van der Waals surface area contributed by atoms with Gasteiger partial charge in [0.05, 0.1) is 11.4 Å². The molecule has 1 aromatic rings. The average molecular weight is 204 g/mol. The highest BCUT2D eigenvalue weighted by atomic mass is 16.2. The maximum atomic E-state index is 11.7. The number of rotatable bonds is 1. The quantitative estimate of drug-likeness (QED) is 0.760. The van der Waals surface area contributed by atoms with Gasteiger partial charge in [-0.25, -0.2) is 0 Å². The second-order valence-corrected chi connectivity index (χ2v) is 3.92. The van der Waals surface area contributed by atoms with Crippen molar-refractivity contribution in [3.63, 3.8) is 0 Å². The molecule has 1 atom stereocenters. The summed E-state index contributed by atoms with van der Waals surface area (Å²) < 4.78 is 0. The second-order valence-electron chi connectivity index (χ2n) is 3.92. The summed E-state index contributed by atoms with van der Waals surface area (Å²) in [6.45, 7) is 6.87. The van der Waals surface area contributed by atoms with Crippen LogP contribution < -0.4 is 10.2 Å². The molecule has 1 aliphatic heterocycles. The largest absolute Gasteiger partial charge is 0.358 e. The van der Waals surface area contributed by atoms with E-state index in [1.807, 2.05) is 26.0 Å². The van der Waals surface area contributed by atoms with Gasteiger partial charge in [-0.2, -0.15) is 0 Å². The van der Waals surface area contributed by atoms with Crippen molar-refractivity contribution in [2.75, 3.05) is 16.8 Å². The van der Waals surface area contributed by atoms with Crippen molar-refractivity contribution in [3.05, 3.63) is 23.8 Å². The third kappa shape index (κ3) is 1.48. The highest BCUT2D eigenvalue weighted by Gasteiger charge is 2.28. The molecule has 3 heteroatoms. The highest BCUT2D eigenvalue weighted by Crippen LogP contribution is 2.34. The van der Waals surface area contributed by atoms with E-state index in [2.05, 4.69) is 23.2 Å². The van der Waals surface area contributed by atoms with Crippen molar-refractivity contribution in [2.24, 2.45) is 0 Å². The van der Waals surface area contributed by atoms with Crippen LogP contribution >= 0.6 is 0 Å². The Kier molecular flexibility index (Phi) is 2.39. The topological polar surface area (TPSA) is 32.3 Å². The SMILES string of the molecule is CCN1c2cccc(C)c2NC(=O)C1C. The van der Waals surface area contributed by atoms with Crippen LogP contribution in [0, 0.1) is 6.92 Å². The van der Waals surface area contributed by atoms with Crippen LogP contribution in [0.15, 0.2) is 18.2 Å². The monoisotopic (exact) mass is 204 g/mol. The fourth-order valence-electron chi connectivity index (χ4n) is 2.08.